The van der Waals surface area contributed by atoms with E-state index in [2.05, 4.69) is 22.1 Å². The lowest BCUT2D eigenvalue weighted by molar-refractivity contribution is 0.0923. The molecule has 1 saturated heterocycles. The van der Waals surface area contributed by atoms with Gasteiger partial charge < -0.3 is 24.3 Å². The number of hydrogen-bond acceptors (Lipinski definition) is 7. The van der Waals surface area contributed by atoms with Crippen molar-refractivity contribution in [2.24, 2.45) is 0 Å². The van der Waals surface area contributed by atoms with Crippen LogP contribution < -0.4 is 15.0 Å². The minimum Gasteiger partial charge on any atom is -0.494 e. The number of nitrogens with zero attached hydrogens (tertiary/aromatic N) is 5. The molecule has 10 heteroatoms. The highest BCUT2D eigenvalue weighted by Gasteiger charge is 2.34. The summed E-state index contributed by atoms with van der Waals surface area (Å²) in [6.45, 7) is 3.56. The van der Waals surface area contributed by atoms with E-state index in [0.717, 1.165) is 53.4 Å². The lowest BCUT2D eigenvalue weighted by Gasteiger charge is -2.25. The standard InChI is InChI=1S/C27H26ClFN6O2/c1-16-4-3-11-35(16)26-20-14-37-25(17-5-7-18(29)8-6-17)24(20)32-27(33-26)31-19-9-10-21(22(12-19)36-2)34-13-23(28)30-15-34/h5-10,12-13,15-16,25H,3-4,11,14H2,1-2H3,(H,31,32,33)/t16?,25-/m0/s1. The Morgan fingerprint density at radius 3 is 2.70 bits per heavy atom. The van der Waals surface area contributed by atoms with E-state index < -0.39 is 6.10 Å². The van der Waals surface area contributed by atoms with Crippen molar-refractivity contribution in [1.29, 1.82) is 0 Å². The average molecular weight is 521 g/mol. The predicted octanol–water partition coefficient (Wildman–Crippen LogP) is 5.82. The third-order valence-electron chi connectivity index (χ3n) is 6.92. The Hall–Kier alpha value is -3.69. The van der Waals surface area contributed by atoms with Crippen molar-refractivity contribution in [3.63, 3.8) is 0 Å². The Morgan fingerprint density at radius 2 is 2.00 bits per heavy atom. The molecule has 0 spiro atoms. The second-order valence-electron chi connectivity index (χ2n) is 9.28. The molecule has 1 unspecified atom stereocenters. The Balaban J connectivity index is 1.39. The van der Waals surface area contributed by atoms with Crippen molar-refractivity contribution in [2.45, 2.75) is 38.5 Å². The van der Waals surface area contributed by atoms with Crippen LogP contribution in [0, 0.1) is 5.82 Å². The highest BCUT2D eigenvalue weighted by atomic mass is 35.5. The number of ether oxygens (including phenoxy) is 2. The molecule has 0 saturated carbocycles. The SMILES string of the molecule is COc1cc(Nc2nc3c(c(N4CCCC4C)n2)CO[C@H]3c2ccc(F)cc2)ccc1-n1cnc(Cl)c1. The van der Waals surface area contributed by atoms with Gasteiger partial charge in [-0.1, -0.05) is 23.7 Å². The molecule has 0 radical (unpaired) electrons. The van der Waals surface area contributed by atoms with Crippen molar-refractivity contribution < 1.29 is 13.9 Å². The summed E-state index contributed by atoms with van der Waals surface area (Å²) in [6, 6.07) is 12.5. The zero-order valence-corrected chi connectivity index (χ0v) is 21.2. The summed E-state index contributed by atoms with van der Waals surface area (Å²) < 4.78 is 27.2. The van der Waals surface area contributed by atoms with Gasteiger partial charge in [0.2, 0.25) is 5.95 Å². The number of aromatic nitrogens is 4. The van der Waals surface area contributed by atoms with Gasteiger partial charge in [0.05, 0.1) is 25.1 Å². The minimum atomic E-state index is -0.390. The quantitative estimate of drug-likeness (QED) is 0.343. The molecule has 2 aromatic heterocycles. The number of rotatable bonds is 6. The molecular formula is C27H26ClFN6O2. The molecule has 37 heavy (non-hydrogen) atoms. The maximum atomic E-state index is 13.6. The zero-order chi connectivity index (χ0) is 25.5. The van der Waals surface area contributed by atoms with Crippen LogP contribution in [0.3, 0.4) is 0 Å². The summed E-state index contributed by atoms with van der Waals surface area (Å²) >= 11 is 6.00. The van der Waals surface area contributed by atoms with Crippen LogP contribution >= 0.6 is 11.6 Å². The normalized spacial score (nSPS) is 18.8. The van der Waals surface area contributed by atoms with Crippen LogP contribution in [0.25, 0.3) is 5.69 Å². The van der Waals surface area contributed by atoms with Crippen LogP contribution in [0.1, 0.15) is 42.7 Å². The van der Waals surface area contributed by atoms with E-state index in [1.165, 1.54) is 12.1 Å². The van der Waals surface area contributed by atoms with Gasteiger partial charge in [-0.3, -0.25) is 0 Å². The Labute approximate surface area is 219 Å². The van der Waals surface area contributed by atoms with E-state index in [9.17, 15) is 4.39 Å². The summed E-state index contributed by atoms with van der Waals surface area (Å²) in [5.74, 6) is 1.71. The first-order valence-corrected chi connectivity index (χ1v) is 12.6. The van der Waals surface area contributed by atoms with Gasteiger partial charge in [0.15, 0.2) is 0 Å². The molecular weight excluding hydrogens is 495 g/mol. The van der Waals surface area contributed by atoms with Crippen LogP contribution in [-0.4, -0.2) is 39.2 Å². The lowest BCUT2D eigenvalue weighted by Crippen LogP contribution is -2.29. The molecule has 2 aliphatic heterocycles. The first-order chi connectivity index (χ1) is 18.0. The van der Waals surface area contributed by atoms with E-state index in [0.29, 0.717) is 29.5 Å². The van der Waals surface area contributed by atoms with Gasteiger partial charge in [-0.15, -0.1) is 0 Å². The summed E-state index contributed by atoms with van der Waals surface area (Å²) in [7, 11) is 1.62. The number of anilines is 3. The van der Waals surface area contributed by atoms with Crippen LogP contribution in [0.2, 0.25) is 5.15 Å². The molecule has 1 fully saturated rings. The molecule has 1 N–H and O–H groups in total. The maximum absolute atomic E-state index is 13.6. The fourth-order valence-corrected chi connectivity index (χ4v) is 5.20. The fourth-order valence-electron chi connectivity index (χ4n) is 5.05. The first kappa shape index (κ1) is 23.7. The van der Waals surface area contributed by atoms with Gasteiger partial charge in [-0.2, -0.15) is 4.98 Å². The van der Waals surface area contributed by atoms with E-state index in [4.69, 9.17) is 31.0 Å². The molecule has 2 atom stereocenters. The number of benzene rings is 2. The minimum absolute atomic E-state index is 0.283. The summed E-state index contributed by atoms with van der Waals surface area (Å²) in [5, 5.41) is 3.76. The van der Waals surface area contributed by atoms with Crippen molar-refractivity contribution >= 4 is 29.1 Å². The molecule has 0 bridgehead atoms. The number of halogens is 2. The smallest absolute Gasteiger partial charge is 0.229 e. The molecule has 8 nitrogen and oxygen atoms in total. The fraction of sp³-hybridized carbons (Fsp3) is 0.296. The molecule has 4 heterocycles. The molecule has 2 aromatic carbocycles. The molecule has 6 rings (SSSR count). The van der Waals surface area contributed by atoms with E-state index >= 15 is 0 Å². The number of hydrogen-bond donors (Lipinski definition) is 1. The van der Waals surface area contributed by atoms with Gasteiger partial charge in [-0.05, 0) is 49.6 Å². The molecule has 2 aliphatic rings. The third-order valence-corrected chi connectivity index (χ3v) is 7.12. The average Bonchev–Trinajstić information content (AvgIpc) is 3.64. The summed E-state index contributed by atoms with van der Waals surface area (Å²) in [6.07, 6.45) is 5.19. The maximum Gasteiger partial charge on any atom is 0.229 e. The van der Waals surface area contributed by atoms with Crippen molar-refractivity contribution in [3.8, 4) is 11.4 Å². The monoisotopic (exact) mass is 520 g/mol. The summed E-state index contributed by atoms with van der Waals surface area (Å²) in [4.78, 5) is 16.2. The number of fused-ring (bicyclic) bond motifs is 1. The van der Waals surface area contributed by atoms with Crippen LogP contribution in [-0.2, 0) is 11.3 Å². The lowest BCUT2D eigenvalue weighted by atomic mass is 10.0. The number of methoxy groups -OCH3 is 1. The number of nitrogens with one attached hydrogen (secondary N) is 1. The van der Waals surface area contributed by atoms with Gasteiger partial charge >= 0.3 is 0 Å². The topological polar surface area (TPSA) is 77.3 Å². The zero-order valence-electron chi connectivity index (χ0n) is 20.5. The third kappa shape index (κ3) is 4.49. The van der Waals surface area contributed by atoms with E-state index in [1.807, 2.05) is 18.2 Å². The molecule has 0 amide bonds. The van der Waals surface area contributed by atoms with Gasteiger partial charge in [0.25, 0.3) is 0 Å². The second-order valence-corrected chi connectivity index (χ2v) is 9.66. The number of imidazole rings is 1. The predicted molar refractivity (Wildman–Crippen MR) is 140 cm³/mol. The van der Waals surface area contributed by atoms with E-state index in [1.54, 1.807) is 36.3 Å². The summed E-state index contributed by atoms with van der Waals surface area (Å²) in [5.41, 5.74) is 4.21. The largest absolute Gasteiger partial charge is 0.494 e. The highest BCUT2D eigenvalue weighted by molar-refractivity contribution is 6.29. The van der Waals surface area contributed by atoms with Crippen molar-refractivity contribution in [2.75, 3.05) is 23.9 Å². The van der Waals surface area contributed by atoms with Gasteiger partial charge in [0.1, 0.15) is 35.0 Å². The van der Waals surface area contributed by atoms with Crippen molar-refractivity contribution in [1.82, 2.24) is 19.5 Å². The molecule has 190 valence electrons. The highest BCUT2D eigenvalue weighted by Crippen LogP contribution is 2.41. The Bertz CT molecular complexity index is 1440. The van der Waals surface area contributed by atoms with Crippen LogP contribution in [0.5, 0.6) is 5.75 Å². The molecule has 4 aromatic rings. The van der Waals surface area contributed by atoms with Gasteiger partial charge in [0, 0.05) is 36.1 Å². The van der Waals surface area contributed by atoms with Gasteiger partial charge in [-0.25, -0.2) is 14.4 Å². The van der Waals surface area contributed by atoms with Crippen molar-refractivity contribution in [3.05, 3.63) is 82.8 Å². The Kier molecular flexibility index (Phi) is 6.18. The van der Waals surface area contributed by atoms with E-state index in [-0.39, 0.29) is 5.82 Å². The second kappa shape index (κ2) is 9.64. The Morgan fingerprint density at radius 1 is 1.16 bits per heavy atom. The molecule has 0 aliphatic carbocycles. The van der Waals surface area contributed by atoms with Crippen LogP contribution in [0.4, 0.5) is 21.8 Å². The first-order valence-electron chi connectivity index (χ1n) is 12.2. The van der Waals surface area contributed by atoms with Crippen LogP contribution in [0.15, 0.2) is 55.0 Å².